The third-order valence-electron chi connectivity index (χ3n) is 2.15. The summed E-state index contributed by atoms with van der Waals surface area (Å²) >= 11 is 1.60. The average Bonchev–Trinajstić information content (AvgIpc) is 2.75. The first kappa shape index (κ1) is 12.5. The second kappa shape index (κ2) is 5.59. The zero-order chi connectivity index (χ0) is 13.0. The SMILES string of the molecule is CC(=O)On1ccnc1CSc1ccc(N)cc1. The number of hydrogen-bond acceptors (Lipinski definition) is 5. The highest BCUT2D eigenvalue weighted by molar-refractivity contribution is 7.98. The van der Waals surface area contributed by atoms with Crippen molar-refractivity contribution < 1.29 is 9.63 Å². The number of nitrogens with zero attached hydrogens (tertiary/aromatic N) is 2. The van der Waals surface area contributed by atoms with E-state index in [9.17, 15) is 4.79 Å². The van der Waals surface area contributed by atoms with Crippen molar-refractivity contribution >= 4 is 23.4 Å². The van der Waals surface area contributed by atoms with E-state index < -0.39 is 0 Å². The summed E-state index contributed by atoms with van der Waals surface area (Å²) in [5, 5.41) is 0. The molecule has 0 radical (unpaired) electrons. The van der Waals surface area contributed by atoms with Crippen molar-refractivity contribution in [1.29, 1.82) is 0 Å². The number of aromatic nitrogens is 2. The van der Waals surface area contributed by atoms with Gasteiger partial charge in [0.1, 0.15) is 0 Å². The molecule has 6 heteroatoms. The summed E-state index contributed by atoms with van der Waals surface area (Å²) in [5.41, 5.74) is 6.35. The minimum Gasteiger partial charge on any atom is -0.399 e. The summed E-state index contributed by atoms with van der Waals surface area (Å²) in [6, 6.07) is 7.58. The lowest BCUT2D eigenvalue weighted by molar-refractivity contribution is -0.141. The van der Waals surface area contributed by atoms with Gasteiger partial charge in [-0.15, -0.1) is 11.8 Å². The Morgan fingerprint density at radius 1 is 1.44 bits per heavy atom. The van der Waals surface area contributed by atoms with Gasteiger partial charge in [0, 0.05) is 23.7 Å². The smallest absolute Gasteiger partial charge is 0.329 e. The molecular weight excluding hydrogens is 250 g/mol. The molecule has 2 N–H and O–H groups in total. The highest BCUT2D eigenvalue weighted by Gasteiger charge is 2.06. The van der Waals surface area contributed by atoms with Gasteiger partial charge in [0.2, 0.25) is 0 Å². The number of anilines is 1. The number of rotatable bonds is 4. The maximum Gasteiger partial charge on any atom is 0.329 e. The normalized spacial score (nSPS) is 10.3. The summed E-state index contributed by atoms with van der Waals surface area (Å²) in [4.78, 5) is 21.1. The monoisotopic (exact) mass is 263 g/mol. The van der Waals surface area contributed by atoms with Crippen LogP contribution >= 0.6 is 11.8 Å². The molecule has 1 aromatic heterocycles. The molecule has 0 aliphatic rings. The van der Waals surface area contributed by atoms with Gasteiger partial charge < -0.3 is 10.6 Å². The lowest BCUT2D eigenvalue weighted by Gasteiger charge is -2.06. The Morgan fingerprint density at radius 2 is 2.17 bits per heavy atom. The lowest BCUT2D eigenvalue weighted by atomic mass is 10.3. The van der Waals surface area contributed by atoms with Gasteiger partial charge in [0.15, 0.2) is 5.82 Å². The van der Waals surface area contributed by atoms with E-state index in [1.165, 1.54) is 11.7 Å². The Bertz CT molecular complexity index is 537. The zero-order valence-electron chi connectivity index (χ0n) is 9.87. The van der Waals surface area contributed by atoms with E-state index in [4.69, 9.17) is 10.6 Å². The van der Waals surface area contributed by atoms with Crippen LogP contribution in [0.1, 0.15) is 12.7 Å². The van der Waals surface area contributed by atoms with Crippen LogP contribution in [0.25, 0.3) is 0 Å². The van der Waals surface area contributed by atoms with E-state index in [0.29, 0.717) is 11.6 Å². The van der Waals surface area contributed by atoms with Crippen LogP contribution in [-0.2, 0) is 10.5 Å². The summed E-state index contributed by atoms with van der Waals surface area (Å²) in [7, 11) is 0. The van der Waals surface area contributed by atoms with Gasteiger partial charge in [-0.1, -0.05) is 0 Å². The summed E-state index contributed by atoms with van der Waals surface area (Å²) in [5.74, 6) is 0.934. The van der Waals surface area contributed by atoms with Crippen molar-refractivity contribution in [2.24, 2.45) is 0 Å². The van der Waals surface area contributed by atoms with Crippen molar-refractivity contribution in [3.05, 3.63) is 42.5 Å². The van der Waals surface area contributed by atoms with Crippen LogP contribution in [0.5, 0.6) is 0 Å². The number of benzene rings is 1. The Balaban J connectivity index is 1.99. The number of nitrogen functional groups attached to an aromatic ring is 1. The molecule has 0 unspecified atom stereocenters. The zero-order valence-corrected chi connectivity index (χ0v) is 10.7. The van der Waals surface area contributed by atoms with Crippen LogP contribution in [0.3, 0.4) is 0 Å². The molecule has 0 saturated heterocycles. The maximum absolute atomic E-state index is 10.9. The quantitative estimate of drug-likeness (QED) is 0.672. The molecule has 0 amide bonds. The Labute approximate surface area is 109 Å². The van der Waals surface area contributed by atoms with Crippen LogP contribution in [0, 0.1) is 0 Å². The largest absolute Gasteiger partial charge is 0.399 e. The maximum atomic E-state index is 10.9. The molecule has 5 nitrogen and oxygen atoms in total. The standard InChI is InChI=1S/C12H13N3O2S/c1-9(16)17-15-7-6-14-12(15)8-18-11-4-2-10(13)3-5-11/h2-7H,8,13H2,1H3. The summed E-state index contributed by atoms with van der Waals surface area (Å²) in [6.07, 6.45) is 3.21. The third kappa shape index (κ3) is 3.27. The van der Waals surface area contributed by atoms with Gasteiger partial charge in [0.25, 0.3) is 0 Å². The number of carbonyl (C=O) groups excluding carboxylic acids is 1. The Kier molecular flexibility index (Phi) is 3.88. The molecule has 1 heterocycles. The number of imidazole rings is 1. The number of carbonyl (C=O) groups is 1. The van der Waals surface area contributed by atoms with Crippen molar-refractivity contribution in [1.82, 2.24) is 9.71 Å². The second-order valence-corrected chi connectivity index (χ2v) is 4.66. The van der Waals surface area contributed by atoms with Gasteiger partial charge in [-0.05, 0) is 24.3 Å². The average molecular weight is 263 g/mol. The van der Waals surface area contributed by atoms with Crippen LogP contribution in [0.4, 0.5) is 5.69 Å². The fourth-order valence-corrected chi connectivity index (χ4v) is 2.18. The predicted octanol–water partition coefficient (Wildman–Crippen LogP) is 1.73. The van der Waals surface area contributed by atoms with Gasteiger partial charge in [-0.3, -0.25) is 0 Å². The van der Waals surface area contributed by atoms with Gasteiger partial charge in [0.05, 0.1) is 11.9 Å². The minimum absolute atomic E-state index is 0.369. The van der Waals surface area contributed by atoms with Crippen molar-refractivity contribution in [2.75, 3.05) is 5.73 Å². The molecule has 0 atom stereocenters. The molecule has 1 aromatic carbocycles. The third-order valence-corrected chi connectivity index (χ3v) is 3.16. The van der Waals surface area contributed by atoms with Crippen LogP contribution in [-0.4, -0.2) is 15.7 Å². The van der Waals surface area contributed by atoms with Gasteiger partial charge in [-0.2, -0.15) is 4.73 Å². The fourth-order valence-electron chi connectivity index (χ4n) is 1.36. The number of hydrogen-bond donors (Lipinski definition) is 1. The Hall–Kier alpha value is -1.95. The summed E-state index contributed by atoms with van der Waals surface area (Å²) < 4.78 is 1.38. The molecule has 2 rings (SSSR count). The first-order valence-electron chi connectivity index (χ1n) is 5.34. The fraction of sp³-hybridized carbons (Fsp3) is 0.167. The van der Waals surface area contributed by atoms with E-state index in [-0.39, 0.29) is 5.97 Å². The highest BCUT2D eigenvalue weighted by atomic mass is 32.2. The highest BCUT2D eigenvalue weighted by Crippen LogP contribution is 2.22. The lowest BCUT2D eigenvalue weighted by Crippen LogP contribution is -2.17. The van der Waals surface area contributed by atoms with Crippen molar-refractivity contribution in [3.63, 3.8) is 0 Å². The molecule has 94 valence electrons. The summed E-state index contributed by atoms with van der Waals surface area (Å²) in [6.45, 7) is 1.36. The number of nitrogens with two attached hydrogens (primary N) is 1. The molecule has 0 aliphatic carbocycles. The van der Waals surface area contributed by atoms with Crippen molar-refractivity contribution in [3.8, 4) is 0 Å². The molecule has 0 bridgehead atoms. The predicted molar refractivity (Wildman–Crippen MR) is 69.9 cm³/mol. The van der Waals surface area contributed by atoms with E-state index in [1.807, 2.05) is 24.3 Å². The first-order valence-corrected chi connectivity index (χ1v) is 6.33. The molecule has 0 aliphatic heterocycles. The van der Waals surface area contributed by atoms with Crippen molar-refractivity contribution in [2.45, 2.75) is 17.6 Å². The van der Waals surface area contributed by atoms with E-state index in [1.54, 1.807) is 24.2 Å². The molecule has 0 fully saturated rings. The number of thioether (sulfide) groups is 1. The second-order valence-electron chi connectivity index (χ2n) is 3.61. The van der Waals surface area contributed by atoms with Gasteiger partial charge >= 0.3 is 5.97 Å². The van der Waals surface area contributed by atoms with E-state index >= 15 is 0 Å². The molecule has 2 aromatic rings. The van der Waals surface area contributed by atoms with E-state index in [2.05, 4.69) is 4.98 Å². The Morgan fingerprint density at radius 3 is 2.83 bits per heavy atom. The minimum atomic E-state index is -0.369. The topological polar surface area (TPSA) is 70.1 Å². The van der Waals surface area contributed by atoms with Crippen LogP contribution in [0.2, 0.25) is 0 Å². The van der Waals surface area contributed by atoms with Gasteiger partial charge in [-0.25, -0.2) is 9.78 Å². The van der Waals surface area contributed by atoms with E-state index in [0.717, 1.165) is 10.6 Å². The molecular formula is C12H13N3O2S. The van der Waals surface area contributed by atoms with Crippen LogP contribution < -0.4 is 10.6 Å². The first-order chi connectivity index (χ1) is 8.65. The molecule has 18 heavy (non-hydrogen) atoms. The van der Waals surface area contributed by atoms with Crippen LogP contribution in [0.15, 0.2) is 41.6 Å². The molecule has 0 spiro atoms. The molecule has 0 saturated carbocycles.